The van der Waals surface area contributed by atoms with Crippen LogP contribution in [0.25, 0.3) is 21.5 Å². The minimum atomic E-state index is -2.21. The molecule has 26 N–H and O–H groups in total. The van der Waals surface area contributed by atoms with E-state index in [4.69, 9.17) is 52.4 Å². The monoisotopic (exact) mass is 1660 g/mol. The first-order valence-electron chi connectivity index (χ1n) is 34.1. The van der Waals surface area contributed by atoms with Crippen LogP contribution in [0.4, 0.5) is 16.3 Å². The van der Waals surface area contributed by atoms with E-state index < -0.39 is 183 Å². The number of thiazole rings is 2. The molecule has 44 heteroatoms. The van der Waals surface area contributed by atoms with Crippen molar-refractivity contribution in [2.75, 3.05) is 61.7 Å². The van der Waals surface area contributed by atoms with Gasteiger partial charge in [-0.15, -0.1) is 22.7 Å². The number of rotatable bonds is 38. The number of ether oxygens (including phenoxy) is 5. The first-order valence-corrected chi connectivity index (χ1v) is 37.8. The van der Waals surface area contributed by atoms with Crippen molar-refractivity contribution >= 4 is 109 Å². The topological polar surface area (TPSA) is 656 Å². The number of nitrogen functional groups attached to an aromatic ring is 1. The SMILES string of the molecule is Cc1c(N)nc(C(CC(N)=O)NCC(N)C(N)=O)nc1C(=O)NC(C(=O)NC(C)C(O)C(C)C(=O)NC(C(=O)NCCc1nc(-c2nc(C(=O)NCCC[S+](C)CC(=O)Nc3ccc4ccccc4c3)cs2)cs1)C(C)O)C(O[C@@H]1O[C@@H](CO)[C@@H](O)[C@@H](O)[C@@H]1O[C@H]1O[C@H](CO)[C@@H](O)[C@@H](OC(N)=O)[C@@H]1O)c1cnc[nH]1.[Br-]. The molecular weight excluding hydrogens is 1570 g/mol. The highest BCUT2D eigenvalue weighted by atomic mass is 79.9. The number of hydrogen-bond donors (Lipinski definition) is 21. The van der Waals surface area contributed by atoms with Gasteiger partial charge >= 0.3 is 6.09 Å². The zero-order valence-electron chi connectivity index (χ0n) is 59.9. The number of anilines is 2. The van der Waals surface area contributed by atoms with Gasteiger partial charge in [-0.25, -0.2) is 29.7 Å². The third kappa shape index (κ3) is 23.5. The molecule has 2 fully saturated rings. The molecule has 2 aromatic carbocycles. The molecule has 2 saturated heterocycles. The van der Waals surface area contributed by atoms with Gasteiger partial charge in [0.1, 0.15) is 100 Å². The Morgan fingerprint density at radius 1 is 0.764 bits per heavy atom. The van der Waals surface area contributed by atoms with E-state index in [9.17, 15) is 79.2 Å². The number of aliphatic hydroxyl groups excluding tert-OH is 8. The summed E-state index contributed by atoms with van der Waals surface area (Å²) in [5.41, 5.74) is 28.7. The summed E-state index contributed by atoms with van der Waals surface area (Å²) in [5.74, 6) is -7.89. The standard InChI is InChI=1S/C66H90N18O22S3.BrH/c1-27-44(81-57(84-55(27)69)35(18-41(68)88)75-19-34(67)56(70)95)61(99)83-46(52(36-20-72-26-76-36)104-65-54(50(93)48(91)39(21-85)103-65)105-64-51(94)53(106-66(71)101)49(92)40(22-86)102-64)62(100)77-29(3)47(90)28(2)58(96)82-45(30(4)87)60(98)74-15-13-43-79-38(24-107-43)63-80-37(23-108-63)59(97)73-14-8-16-109(5)25-42(89)78-33-12-11-31-9-6-7-10-32(31)17-33;/h6-7,9-12,17,20,23-24,26,28-30,34-35,39-40,45-54,64-65,75,85-87,90-94H,8,13-16,18-19,21-22,25,67H2,1-5H3,(H14-,68,69,70,71,72,73,74,76,77,78,81,82,83,84,88,89,95,96,97,98,99,100,101);1H/t28?,29?,30?,34?,35?,39-,40+,45?,46?,47?,48+,49+,50+,51-,52?,53+,54-,64+,65-,109?;/m0./s1. The molecule has 0 saturated carbocycles. The number of nitrogens with two attached hydrogens (primary N) is 5. The lowest BCUT2D eigenvalue weighted by atomic mass is 9.96. The second-order valence-corrected chi connectivity index (χ2v) is 29.9. The van der Waals surface area contributed by atoms with Gasteiger partial charge in [-0.05, 0) is 54.6 Å². The van der Waals surface area contributed by atoms with Crippen molar-refractivity contribution in [1.82, 2.24) is 61.8 Å². The van der Waals surface area contributed by atoms with Crippen molar-refractivity contribution in [2.45, 2.75) is 157 Å². The number of amides is 9. The Balaban J connectivity index is 0.0000168. The molecule has 110 heavy (non-hydrogen) atoms. The van der Waals surface area contributed by atoms with Gasteiger partial charge in [-0.2, -0.15) is 0 Å². The average molecular weight is 1660 g/mol. The third-order valence-electron chi connectivity index (χ3n) is 17.6. The Bertz CT molecular complexity index is 4140. The van der Waals surface area contributed by atoms with E-state index in [-0.39, 0.29) is 87.8 Å². The van der Waals surface area contributed by atoms with Gasteiger partial charge in [0.05, 0.1) is 78.9 Å². The van der Waals surface area contributed by atoms with E-state index in [0.717, 1.165) is 34.7 Å². The predicted molar refractivity (Wildman–Crippen MR) is 390 cm³/mol. The molecule has 6 heterocycles. The third-order valence-corrected chi connectivity index (χ3v) is 21.1. The van der Waals surface area contributed by atoms with Crippen LogP contribution in [-0.4, -0.2) is 273 Å². The highest BCUT2D eigenvalue weighted by molar-refractivity contribution is 7.96. The van der Waals surface area contributed by atoms with E-state index in [1.165, 1.54) is 50.4 Å². The summed E-state index contributed by atoms with van der Waals surface area (Å²) in [4.78, 5) is 144. The van der Waals surface area contributed by atoms with Crippen molar-refractivity contribution < 1.29 is 125 Å². The lowest BCUT2D eigenvalue weighted by molar-refractivity contribution is -0.372. The van der Waals surface area contributed by atoms with Crippen LogP contribution in [0.2, 0.25) is 0 Å². The fourth-order valence-corrected chi connectivity index (χ4v) is 14.4. The Kier molecular flexibility index (Phi) is 33.0. The Labute approximate surface area is 649 Å². The molecule has 0 spiro atoms. The molecule has 602 valence electrons. The molecule has 40 nitrogen and oxygen atoms in total. The second-order valence-electron chi connectivity index (χ2n) is 25.9. The minimum absolute atomic E-state index is 0. The summed E-state index contributed by atoms with van der Waals surface area (Å²) in [6.45, 7) is 2.95. The Morgan fingerprint density at radius 3 is 2.13 bits per heavy atom. The van der Waals surface area contributed by atoms with Gasteiger partial charge in [0, 0.05) is 60.9 Å². The highest BCUT2D eigenvalue weighted by Gasteiger charge is 2.54. The average Bonchev–Trinajstić information content (AvgIpc) is 1.08. The van der Waals surface area contributed by atoms with Crippen LogP contribution >= 0.6 is 22.7 Å². The van der Waals surface area contributed by atoms with Gasteiger partial charge in [0.2, 0.25) is 29.5 Å². The van der Waals surface area contributed by atoms with Gasteiger partial charge < -0.3 is 152 Å². The number of aromatic amines is 1. The van der Waals surface area contributed by atoms with Crippen molar-refractivity contribution in [3.8, 4) is 10.7 Å². The van der Waals surface area contributed by atoms with Gasteiger partial charge in [0.25, 0.3) is 17.7 Å². The van der Waals surface area contributed by atoms with Gasteiger partial charge in [-0.1, -0.05) is 37.3 Å². The van der Waals surface area contributed by atoms with Crippen LogP contribution in [0.15, 0.2) is 65.7 Å². The number of nitrogens with one attached hydrogen (secondary N) is 8. The van der Waals surface area contributed by atoms with Crippen molar-refractivity contribution in [1.29, 1.82) is 0 Å². The smallest absolute Gasteiger partial charge is 0.404 e. The molecule has 2 aliphatic heterocycles. The molecule has 0 bridgehead atoms. The molecule has 2 aliphatic rings. The quantitative estimate of drug-likeness (QED) is 0.0126. The van der Waals surface area contributed by atoms with E-state index >= 15 is 4.79 Å². The number of halogens is 1. The number of imidazole rings is 1. The Hall–Kier alpha value is -8.65. The van der Waals surface area contributed by atoms with Gasteiger partial charge in [-0.3, -0.25) is 38.4 Å². The van der Waals surface area contributed by atoms with Crippen LogP contribution < -0.4 is 82.9 Å². The van der Waals surface area contributed by atoms with E-state index in [1.807, 2.05) is 48.7 Å². The number of fused-ring (bicyclic) bond motifs is 1. The van der Waals surface area contributed by atoms with Crippen LogP contribution in [0.1, 0.15) is 88.8 Å². The first kappa shape index (κ1) is 88.6. The van der Waals surface area contributed by atoms with Crippen LogP contribution in [0.3, 0.4) is 0 Å². The number of aliphatic hydroxyl groups is 8. The predicted octanol–water partition coefficient (Wildman–Crippen LogP) is -8.54. The molecule has 6 aromatic rings. The van der Waals surface area contributed by atoms with Crippen LogP contribution in [0, 0.1) is 12.8 Å². The number of benzene rings is 2. The van der Waals surface area contributed by atoms with Crippen LogP contribution in [-0.2, 0) is 69.8 Å². The van der Waals surface area contributed by atoms with Gasteiger partial charge in [0.15, 0.2) is 24.4 Å². The number of nitrogens with zero attached hydrogens (tertiary/aromatic N) is 5. The summed E-state index contributed by atoms with van der Waals surface area (Å²) in [7, 11) is -0.244. The maximum atomic E-state index is 15.3. The first-order chi connectivity index (χ1) is 51.8. The number of hydrogen-bond acceptors (Lipinski definition) is 32. The molecule has 20 atom stereocenters. The highest BCUT2D eigenvalue weighted by Crippen LogP contribution is 2.35. The number of H-pyrrole nitrogens is 1. The molecule has 0 radical (unpaired) electrons. The molecule has 4 aromatic heterocycles. The van der Waals surface area contributed by atoms with Crippen molar-refractivity contribution in [3.63, 3.8) is 0 Å². The molecule has 8 rings (SSSR count). The number of primary amides is 3. The lowest BCUT2D eigenvalue weighted by Gasteiger charge is -2.47. The minimum Gasteiger partial charge on any atom is -1.00 e. The Morgan fingerprint density at radius 2 is 1.46 bits per heavy atom. The van der Waals surface area contributed by atoms with Crippen molar-refractivity contribution in [2.24, 2.45) is 28.9 Å². The second kappa shape index (κ2) is 41.0. The lowest BCUT2D eigenvalue weighted by Crippen LogP contribution is -3.00. The summed E-state index contributed by atoms with van der Waals surface area (Å²) in [6, 6.07) is 5.71. The molecule has 0 aliphatic carbocycles. The molecular formula is C66H91BrN18O22S3. The zero-order valence-corrected chi connectivity index (χ0v) is 63.9. The van der Waals surface area contributed by atoms with Crippen molar-refractivity contribution in [3.05, 3.63) is 99.2 Å². The van der Waals surface area contributed by atoms with E-state index in [1.54, 1.807) is 10.8 Å². The zero-order chi connectivity index (χ0) is 79.7. The fraction of sp³-hybridized carbons (Fsp3) is 0.515. The maximum absolute atomic E-state index is 15.3. The molecule has 9 amide bonds. The molecule has 10 unspecified atom stereocenters. The summed E-state index contributed by atoms with van der Waals surface area (Å²) in [5, 5.41) is 113. The van der Waals surface area contributed by atoms with E-state index in [2.05, 4.69) is 67.1 Å². The largest absolute Gasteiger partial charge is 1.00 e. The fourth-order valence-electron chi connectivity index (χ4n) is 11.5. The summed E-state index contributed by atoms with van der Waals surface area (Å²) >= 11 is 2.46. The number of aromatic nitrogens is 6. The summed E-state index contributed by atoms with van der Waals surface area (Å²) in [6.07, 6.45) is -22.6. The van der Waals surface area contributed by atoms with Crippen LogP contribution in [0.5, 0.6) is 0 Å². The normalized spacial score (nSPS) is 22.5. The maximum Gasteiger partial charge on any atom is 0.404 e. The number of carbonyl (C=O) groups is 9. The van der Waals surface area contributed by atoms with E-state index in [0.29, 0.717) is 34.4 Å². The summed E-state index contributed by atoms with van der Waals surface area (Å²) < 4.78 is 28.8. The number of carbonyl (C=O) groups excluding carboxylic acids is 9.